The number of hydrogen-bond acceptors (Lipinski definition) is 6. The molecule has 1 aromatic carbocycles. The number of nitrogens with zero attached hydrogens (tertiary/aromatic N) is 3. The highest BCUT2D eigenvalue weighted by Crippen LogP contribution is 2.24. The quantitative estimate of drug-likeness (QED) is 0.738. The Labute approximate surface area is 164 Å². The summed E-state index contributed by atoms with van der Waals surface area (Å²) in [5.74, 6) is -0.926. The summed E-state index contributed by atoms with van der Waals surface area (Å²) in [6, 6.07) is 4.63. The number of nitrogens with one attached hydrogen (secondary N) is 1. The van der Waals surface area contributed by atoms with E-state index >= 15 is 0 Å². The van der Waals surface area contributed by atoms with Gasteiger partial charge in [0.1, 0.15) is 12.3 Å². The van der Waals surface area contributed by atoms with Gasteiger partial charge in [-0.25, -0.2) is 13.4 Å². The number of carbonyl (C=O) groups excluding carboxylic acids is 1. The highest BCUT2D eigenvalue weighted by atomic mass is 32.2. The number of carbonyl (C=O) groups is 1. The monoisotopic (exact) mass is 434 g/mol. The number of rotatable bonds is 6. The average Bonchev–Trinajstić information content (AvgIpc) is 3.12. The fourth-order valence-corrected chi connectivity index (χ4v) is 3.93. The highest BCUT2D eigenvalue weighted by Gasteiger charge is 2.31. The van der Waals surface area contributed by atoms with Crippen molar-refractivity contribution in [2.24, 2.45) is 0 Å². The molecular formula is C16H17F3N4O5S. The number of morpholine rings is 1. The minimum absolute atomic E-state index is 0.180. The summed E-state index contributed by atoms with van der Waals surface area (Å²) >= 11 is 0. The van der Waals surface area contributed by atoms with Crippen LogP contribution in [0.4, 0.5) is 18.9 Å². The fourth-order valence-electron chi connectivity index (χ4n) is 2.58. The topological polar surface area (TPSA) is 103 Å². The zero-order valence-corrected chi connectivity index (χ0v) is 15.7. The third kappa shape index (κ3) is 5.68. The Hall–Kier alpha value is -2.64. The van der Waals surface area contributed by atoms with Crippen LogP contribution >= 0.6 is 0 Å². The summed E-state index contributed by atoms with van der Waals surface area (Å²) < 4.78 is 72.9. The van der Waals surface area contributed by atoms with Gasteiger partial charge in [0, 0.05) is 25.0 Å². The molecule has 9 nitrogen and oxygen atoms in total. The number of amides is 1. The lowest BCUT2D eigenvalue weighted by Gasteiger charge is -2.24. The number of anilines is 1. The molecule has 2 heterocycles. The first-order valence-corrected chi connectivity index (χ1v) is 9.83. The maximum Gasteiger partial charge on any atom is 0.573 e. The van der Waals surface area contributed by atoms with Gasteiger partial charge in [-0.05, 0) is 24.3 Å². The van der Waals surface area contributed by atoms with E-state index in [0.717, 1.165) is 12.1 Å². The van der Waals surface area contributed by atoms with Crippen LogP contribution in [0.3, 0.4) is 0 Å². The Bertz CT molecular complexity index is 954. The smallest absolute Gasteiger partial charge is 0.406 e. The number of benzene rings is 1. The molecule has 0 saturated carbocycles. The third-order valence-electron chi connectivity index (χ3n) is 3.88. The van der Waals surface area contributed by atoms with Gasteiger partial charge in [0.05, 0.1) is 19.5 Å². The van der Waals surface area contributed by atoms with Crippen LogP contribution in [0.15, 0.2) is 41.8 Å². The molecule has 1 fully saturated rings. The predicted molar refractivity (Wildman–Crippen MR) is 93.6 cm³/mol. The van der Waals surface area contributed by atoms with Gasteiger partial charge in [-0.15, -0.1) is 13.2 Å². The van der Waals surface area contributed by atoms with Crippen LogP contribution in [0, 0.1) is 0 Å². The molecule has 1 aliphatic heterocycles. The van der Waals surface area contributed by atoms with Crippen molar-refractivity contribution in [3.05, 3.63) is 36.8 Å². The fraction of sp³-hybridized carbons (Fsp3) is 0.375. The van der Waals surface area contributed by atoms with Gasteiger partial charge < -0.3 is 19.4 Å². The molecule has 1 aliphatic rings. The predicted octanol–water partition coefficient (Wildman–Crippen LogP) is 1.44. The van der Waals surface area contributed by atoms with Gasteiger partial charge in [0.15, 0.2) is 5.03 Å². The molecule has 0 atom stereocenters. The maximum absolute atomic E-state index is 12.5. The Kier molecular flexibility index (Phi) is 6.10. The van der Waals surface area contributed by atoms with E-state index < -0.39 is 28.0 Å². The largest absolute Gasteiger partial charge is 0.573 e. The zero-order valence-electron chi connectivity index (χ0n) is 14.9. The van der Waals surface area contributed by atoms with E-state index in [-0.39, 0.29) is 30.3 Å². The van der Waals surface area contributed by atoms with E-state index in [1.165, 1.54) is 33.5 Å². The molecule has 0 aliphatic carbocycles. The summed E-state index contributed by atoms with van der Waals surface area (Å²) in [5.41, 5.74) is 0.255. The molecule has 2 aromatic rings. The molecule has 29 heavy (non-hydrogen) atoms. The van der Waals surface area contributed by atoms with E-state index in [0.29, 0.717) is 13.2 Å². The van der Waals surface area contributed by atoms with Crippen LogP contribution in [0.25, 0.3) is 0 Å². The second kappa shape index (κ2) is 8.39. The lowest BCUT2D eigenvalue weighted by atomic mass is 10.3. The van der Waals surface area contributed by atoms with Crippen molar-refractivity contribution < 1.29 is 35.9 Å². The van der Waals surface area contributed by atoms with Crippen LogP contribution in [0.1, 0.15) is 0 Å². The second-order valence-electron chi connectivity index (χ2n) is 6.02. The second-order valence-corrected chi connectivity index (χ2v) is 7.91. The zero-order chi connectivity index (χ0) is 21.1. The first-order valence-electron chi connectivity index (χ1n) is 8.39. The minimum Gasteiger partial charge on any atom is -0.406 e. The van der Waals surface area contributed by atoms with Crippen LogP contribution in [0.2, 0.25) is 0 Å². The van der Waals surface area contributed by atoms with Crippen molar-refractivity contribution in [2.75, 3.05) is 31.6 Å². The van der Waals surface area contributed by atoms with E-state index in [9.17, 15) is 26.4 Å². The Balaban J connectivity index is 1.59. The van der Waals surface area contributed by atoms with Crippen LogP contribution in [-0.4, -0.2) is 60.8 Å². The van der Waals surface area contributed by atoms with E-state index in [4.69, 9.17) is 4.74 Å². The molecule has 1 aromatic heterocycles. The minimum atomic E-state index is -4.80. The van der Waals surface area contributed by atoms with Crippen LogP contribution in [-0.2, 0) is 26.1 Å². The molecule has 1 amide bonds. The summed E-state index contributed by atoms with van der Waals surface area (Å²) in [7, 11) is -3.77. The van der Waals surface area contributed by atoms with E-state index in [2.05, 4.69) is 15.0 Å². The highest BCUT2D eigenvalue weighted by molar-refractivity contribution is 7.89. The summed E-state index contributed by atoms with van der Waals surface area (Å²) in [6.07, 6.45) is -2.34. The first kappa shape index (κ1) is 21.1. The van der Waals surface area contributed by atoms with Gasteiger partial charge in [0.2, 0.25) is 5.91 Å². The molecular weight excluding hydrogens is 417 g/mol. The van der Waals surface area contributed by atoms with Crippen LogP contribution in [0.5, 0.6) is 5.75 Å². The standard InChI is InChI=1S/C16H17F3N4O5S/c17-16(18,19)28-13-3-1-12(2-4-13)21-14(24)9-22-10-15(20-11-22)29(25,26)23-5-7-27-8-6-23/h1-4,10-11H,5-9H2,(H,21,24). The van der Waals surface area contributed by atoms with E-state index in [1.807, 2.05) is 0 Å². The number of halogens is 3. The van der Waals surface area contributed by atoms with Gasteiger partial charge in [0.25, 0.3) is 10.0 Å². The number of hydrogen-bond donors (Lipinski definition) is 1. The van der Waals surface area contributed by atoms with Crippen molar-refractivity contribution >= 4 is 21.6 Å². The van der Waals surface area contributed by atoms with Crippen molar-refractivity contribution in [3.63, 3.8) is 0 Å². The van der Waals surface area contributed by atoms with E-state index in [1.54, 1.807) is 0 Å². The van der Waals surface area contributed by atoms with Crippen molar-refractivity contribution in [1.29, 1.82) is 0 Å². The average molecular weight is 434 g/mol. The Morgan fingerprint density at radius 1 is 1.21 bits per heavy atom. The molecule has 0 unspecified atom stereocenters. The molecule has 0 bridgehead atoms. The molecule has 3 rings (SSSR count). The molecule has 13 heteroatoms. The lowest BCUT2D eigenvalue weighted by molar-refractivity contribution is -0.274. The van der Waals surface area contributed by atoms with Crippen molar-refractivity contribution in [1.82, 2.24) is 13.9 Å². The number of ether oxygens (including phenoxy) is 2. The maximum atomic E-state index is 12.5. The lowest BCUT2D eigenvalue weighted by Crippen LogP contribution is -2.40. The number of imidazole rings is 1. The SMILES string of the molecule is O=C(Cn1cnc(S(=O)(=O)N2CCOCC2)c1)Nc1ccc(OC(F)(F)F)cc1. The molecule has 0 spiro atoms. The third-order valence-corrected chi connectivity index (χ3v) is 5.67. The van der Waals surface area contributed by atoms with Crippen molar-refractivity contribution in [3.8, 4) is 5.75 Å². The summed E-state index contributed by atoms with van der Waals surface area (Å²) in [4.78, 5) is 16.0. The van der Waals surface area contributed by atoms with Gasteiger partial charge in [-0.2, -0.15) is 4.31 Å². The van der Waals surface area contributed by atoms with Gasteiger partial charge in [-0.3, -0.25) is 4.79 Å². The van der Waals surface area contributed by atoms with Crippen LogP contribution < -0.4 is 10.1 Å². The first-order chi connectivity index (χ1) is 13.6. The Morgan fingerprint density at radius 2 is 1.86 bits per heavy atom. The molecule has 158 valence electrons. The van der Waals surface area contributed by atoms with Crippen molar-refractivity contribution in [2.45, 2.75) is 17.9 Å². The molecule has 0 radical (unpaired) electrons. The normalized spacial score (nSPS) is 15.8. The summed E-state index contributed by atoms with van der Waals surface area (Å²) in [6.45, 7) is 0.824. The Morgan fingerprint density at radius 3 is 2.48 bits per heavy atom. The summed E-state index contributed by atoms with van der Waals surface area (Å²) in [5, 5.41) is 2.31. The van der Waals surface area contributed by atoms with Gasteiger partial charge >= 0.3 is 6.36 Å². The number of aromatic nitrogens is 2. The number of alkyl halides is 3. The number of sulfonamides is 1. The van der Waals surface area contributed by atoms with Gasteiger partial charge in [-0.1, -0.05) is 0 Å². The molecule has 1 saturated heterocycles. The molecule has 1 N–H and O–H groups in total.